The van der Waals surface area contributed by atoms with Crippen molar-refractivity contribution in [3.63, 3.8) is 0 Å². The van der Waals surface area contributed by atoms with Crippen LogP contribution in [0.3, 0.4) is 0 Å². The maximum absolute atomic E-state index is 13.0. The predicted molar refractivity (Wildman–Crippen MR) is 127 cm³/mol. The third-order valence-corrected chi connectivity index (χ3v) is 6.05. The van der Waals surface area contributed by atoms with Gasteiger partial charge in [-0.05, 0) is 73.5 Å². The molecule has 7 nitrogen and oxygen atoms in total. The van der Waals surface area contributed by atoms with Gasteiger partial charge in [0.25, 0.3) is 0 Å². The number of hydrogen-bond acceptors (Lipinski definition) is 6. The van der Waals surface area contributed by atoms with Crippen LogP contribution in [0, 0.1) is 0 Å². The summed E-state index contributed by atoms with van der Waals surface area (Å²) in [6.45, 7) is 0.305. The van der Waals surface area contributed by atoms with Gasteiger partial charge in [0.15, 0.2) is 0 Å². The van der Waals surface area contributed by atoms with Gasteiger partial charge in [-0.1, -0.05) is 11.6 Å². The third-order valence-electron chi connectivity index (χ3n) is 5.79. The van der Waals surface area contributed by atoms with Crippen molar-refractivity contribution < 1.29 is 18.4 Å². The van der Waals surface area contributed by atoms with Crippen LogP contribution in [0.1, 0.15) is 30.9 Å². The van der Waals surface area contributed by atoms with Crippen molar-refractivity contribution in [1.82, 2.24) is 15.1 Å². The largest absolute Gasteiger partial charge is 0.497 e. The van der Waals surface area contributed by atoms with Crippen LogP contribution in [-0.2, 0) is 17.8 Å². The average molecular weight is 478 g/mol. The zero-order valence-corrected chi connectivity index (χ0v) is 19.5. The summed E-state index contributed by atoms with van der Waals surface area (Å²) in [7, 11) is 1.64. The summed E-state index contributed by atoms with van der Waals surface area (Å²) < 4.78 is 17.0. The number of benzene rings is 2. The van der Waals surface area contributed by atoms with Crippen LogP contribution in [0.15, 0.2) is 69.5 Å². The molecule has 0 N–H and O–H groups in total. The fourth-order valence-corrected chi connectivity index (χ4v) is 3.90. The van der Waals surface area contributed by atoms with Crippen LogP contribution in [-0.4, -0.2) is 34.2 Å². The standard InChI is InChI=1S/C26H24ClN3O4/c1-32-21-10-4-17(5-11-21)23-14-12-22(33-23)13-15-25(31)30(20-8-9-20)16-24-28-29-26(34-24)18-2-6-19(27)7-3-18/h2-7,10-12,14,20H,8-9,13,15-16H2,1H3. The fraction of sp³-hybridized carbons (Fsp3) is 0.269. The van der Waals surface area contributed by atoms with E-state index in [9.17, 15) is 4.79 Å². The summed E-state index contributed by atoms with van der Waals surface area (Å²) >= 11 is 5.95. The zero-order chi connectivity index (χ0) is 23.5. The molecule has 1 aliphatic carbocycles. The number of carbonyl (C=O) groups is 1. The number of hydrogen-bond donors (Lipinski definition) is 0. The molecule has 0 unspecified atom stereocenters. The van der Waals surface area contributed by atoms with E-state index in [0.717, 1.165) is 41.2 Å². The number of aromatic nitrogens is 2. The summed E-state index contributed by atoms with van der Waals surface area (Å²) in [6.07, 6.45) is 2.86. The lowest BCUT2D eigenvalue weighted by molar-refractivity contribution is -0.132. The van der Waals surface area contributed by atoms with Crippen molar-refractivity contribution in [2.24, 2.45) is 0 Å². The third kappa shape index (κ3) is 5.15. The minimum atomic E-state index is 0.0520. The van der Waals surface area contributed by atoms with Crippen molar-refractivity contribution in [1.29, 1.82) is 0 Å². The lowest BCUT2D eigenvalue weighted by atomic mass is 10.2. The zero-order valence-electron chi connectivity index (χ0n) is 18.7. The van der Waals surface area contributed by atoms with Gasteiger partial charge in [-0.2, -0.15) is 0 Å². The van der Waals surface area contributed by atoms with Crippen molar-refractivity contribution in [2.45, 2.75) is 38.3 Å². The van der Waals surface area contributed by atoms with Gasteiger partial charge in [0, 0.05) is 35.0 Å². The molecule has 34 heavy (non-hydrogen) atoms. The normalized spacial score (nSPS) is 13.1. The first-order valence-electron chi connectivity index (χ1n) is 11.2. The number of carbonyl (C=O) groups excluding carboxylic acids is 1. The molecule has 174 valence electrons. The molecule has 1 fully saturated rings. The quantitative estimate of drug-likeness (QED) is 0.304. The number of amides is 1. The molecule has 8 heteroatoms. The maximum Gasteiger partial charge on any atom is 0.247 e. The minimum Gasteiger partial charge on any atom is -0.497 e. The van der Waals surface area contributed by atoms with E-state index in [1.807, 2.05) is 53.4 Å². The van der Waals surface area contributed by atoms with Gasteiger partial charge < -0.3 is 18.5 Å². The molecule has 1 aliphatic rings. The molecule has 1 amide bonds. The molecular weight excluding hydrogens is 454 g/mol. The Morgan fingerprint density at radius 1 is 1.00 bits per heavy atom. The Morgan fingerprint density at radius 2 is 1.74 bits per heavy atom. The van der Waals surface area contributed by atoms with E-state index < -0.39 is 0 Å². The Morgan fingerprint density at radius 3 is 2.44 bits per heavy atom. The lowest BCUT2D eigenvalue weighted by Crippen LogP contribution is -2.32. The van der Waals surface area contributed by atoms with E-state index in [-0.39, 0.29) is 11.9 Å². The maximum atomic E-state index is 13.0. The second kappa shape index (κ2) is 9.73. The van der Waals surface area contributed by atoms with E-state index in [4.69, 9.17) is 25.2 Å². The van der Waals surface area contributed by atoms with Gasteiger partial charge in [0.05, 0.1) is 13.7 Å². The highest BCUT2D eigenvalue weighted by molar-refractivity contribution is 6.30. The van der Waals surface area contributed by atoms with Gasteiger partial charge in [-0.3, -0.25) is 4.79 Å². The van der Waals surface area contributed by atoms with Crippen molar-refractivity contribution in [3.8, 4) is 28.5 Å². The van der Waals surface area contributed by atoms with Crippen LogP contribution in [0.4, 0.5) is 0 Å². The van der Waals surface area contributed by atoms with Gasteiger partial charge in [-0.25, -0.2) is 0 Å². The Hall–Kier alpha value is -3.58. The number of nitrogens with zero attached hydrogens (tertiary/aromatic N) is 3. The smallest absolute Gasteiger partial charge is 0.247 e. The summed E-state index contributed by atoms with van der Waals surface area (Å²) in [5.41, 5.74) is 1.75. The van der Waals surface area contributed by atoms with E-state index in [1.54, 1.807) is 19.2 Å². The Bertz CT molecular complexity index is 1260. The van der Waals surface area contributed by atoms with Crippen molar-refractivity contribution >= 4 is 17.5 Å². The Labute approximate surface area is 202 Å². The SMILES string of the molecule is COc1ccc(-c2ccc(CCC(=O)N(Cc3nnc(-c4ccc(Cl)cc4)o3)C3CC3)o2)cc1. The molecule has 0 radical (unpaired) electrons. The van der Waals surface area contributed by atoms with Crippen LogP contribution < -0.4 is 4.74 Å². The molecule has 0 atom stereocenters. The summed E-state index contributed by atoms with van der Waals surface area (Å²) in [6, 6.07) is 19.0. The summed E-state index contributed by atoms with van der Waals surface area (Å²) in [4.78, 5) is 14.9. The van der Waals surface area contributed by atoms with E-state index in [1.165, 1.54) is 0 Å². The van der Waals surface area contributed by atoms with Crippen molar-refractivity contribution in [3.05, 3.63) is 77.3 Å². The van der Waals surface area contributed by atoms with Crippen molar-refractivity contribution in [2.75, 3.05) is 7.11 Å². The highest BCUT2D eigenvalue weighted by Crippen LogP contribution is 2.30. The summed E-state index contributed by atoms with van der Waals surface area (Å²) in [5.74, 6) is 3.22. The van der Waals surface area contributed by atoms with E-state index in [0.29, 0.717) is 36.2 Å². The molecule has 1 saturated carbocycles. The van der Waals surface area contributed by atoms with Gasteiger partial charge >= 0.3 is 0 Å². The number of halogens is 1. The monoisotopic (exact) mass is 477 g/mol. The first-order valence-corrected chi connectivity index (χ1v) is 11.6. The molecule has 4 aromatic rings. The Balaban J connectivity index is 1.20. The highest BCUT2D eigenvalue weighted by atomic mass is 35.5. The molecule has 2 aromatic heterocycles. The molecular formula is C26H24ClN3O4. The molecule has 5 rings (SSSR count). The lowest BCUT2D eigenvalue weighted by Gasteiger charge is -2.20. The number of ether oxygens (including phenoxy) is 1. The Kier molecular flexibility index (Phi) is 6.36. The van der Waals surface area contributed by atoms with Crippen LogP contribution in [0.2, 0.25) is 5.02 Å². The molecule has 0 aliphatic heterocycles. The molecule has 0 spiro atoms. The minimum absolute atomic E-state index is 0.0520. The first kappa shape index (κ1) is 22.2. The van der Waals surface area contributed by atoms with Crippen LogP contribution in [0.5, 0.6) is 5.75 Å². The van der Waals surface area contributed by atoms with E-state index in [2.05, 4.69) is 10.2 Å². The van der Waals surface area contributed by atoms with Gasteiger partial charge in [0.2, 0.25) is 17.7 Å². The second-order valence-electron chi connectivity index (χ2n) is 8.26. The summed E-state index contributed by atoms with van der Waals surface area (Å²) in [5, 5.41) is 8.91. The second-order valence-corrected chi connectivity index (χ2v) is 8.69. The topological polar surface area (TPSA) is 81.6 Å². The molecule has 2 aromatic carbocycles. The predicted octanol–water partition coefficient (Wildman–Crippen LogP) is 5.78. The first-order chi connectivity index (χ1) is 16.6. The average Bonchev–Trinajstić information content (AvgIpc) is 3.40. The van der Waals surface area contributed by atoms with Crippen LogP contribution in [0.25, 0.3) is 22.8 Å². The van der Waals surface area contributed by atoms with Gasteiger partial charge in [-0.15, -0.1) is 10.2 Å². The highest BCUT2D eigenvalue weighted by Gasteiger charge is 2.33. The molecule has 0 saturated heterocycles. The van der Waals surface area contributed by atoms with E-state index >= 15 is 0 Å². The number of furan rings is 1. The fourth-order valence-electron chi connectivity index (χ4n) is 3.78. The number of aryl methyl sites for hydroxylation is 1. The number of methoxy groups -OCH3 is 1. The van der Waals surface area contributed by atoms with Crippen LogP contribution >= 0.6 is 11.6 Å². The van der Waals surface area contributed by atoms with Gasteiger partial charge in [0.1, 0.15) is 17.3 Å². The number of rotatable bonds is 9. The molecule has 2 heterocycles. The molecule has 0 bridgehead atoms.